The average Bonchev–Trinajstić information content (AvgIpc) is 3.64. The average molecular weight is 1340 g/mol. The topological polar surface area (TPSA) is 231 Å². The number of carbonyl (C=O) groups excluding carboxylic acids is 3. The third-order valence-corrected chi connectivity index (χ3v) is 15.9. The van der Waals surface area contributed by atoms with Gasteiger partial charge < -0.3 is 34.2 Å². The molecule has 0 aliphatic rings. The maximum Gasteiger partial charge on any atom is 0.472 e. The van der Waals surface area contributed by atoms with Gasteiger partial charge in [0.1, 0.15) is 25.4 Å². The zero-order valence-corrected chi connectivity index (χ0v) is 59.2. The van der Waals surface area contributed by atoms with E-state index in [0.717, 1.165) is 180 Å². The van der Waals surface area contributed by atoms with Crippen molar-refractivity contribution in [3.8, 4) is 0 Å². The summed E-state index contributed by atoms with van der Waals surface area (Å²) in [4.78, 5) is 58.4. The molecule has 530 valence electrons. The van der Waals surface area contributed by atoms with Gasteiger partial charge in [-0.3, -0.25) is 32.5 Å². The third kappa shape index (κ3) is 68.6. The molecule has 0 rings (SSSR count). The molecule has 0 radical (unpaired) electrons. The quantitative estimate of drug-likeness (QED) is 0.0146. The van der Waals surface area contributed by atoms with Crippen molar-refractivity contribution in [2.24, 2.45) is 0 Å². The molecule has 0 heterocycles. The number of aliphatic hydroxyl groups excluding tert-OH is 2. The summed E-state index contributed by atoms with van der Waals surface area (Å²) < 4.78 is 60.8. The lowest BCUT2D eigenvalue weighted by Gasteiger charge is -2.21. The Balaban J connectivity index is 4.58. The van der Waals surface area contributed by atoms with Crippen LogP contribution in [0, 0.1) is 0 Å². The molecule has 5 unspecified atom stereocenters. The van der Waals surface area contributed by atoms with Gasteiger partial charge >= 0.3 is 33.6 Å². The molecule has 0 spiro atoms. The number of hydrogen-bond donors (Lipinski definition) is 4. The first-order valence-electron chi connectivity index (χ1n) is 35.1. The van der Waals surface area contributed by atoms with Crippen molar-refractivity contribution in [3.63, 3.8) is 0 Å². The summed E-state index contributed by atoms with van der Waals surface area (Å²) in [7, 11) is -9.79. The largest absolute Gasteiger partial charge is 0.472 e. The van der Waals surface area contributed by atoms with E-state index in [1.54, 1.807) is 0 Å². The number of rotatable bonds is 65. The van der Waals surface area contributed by atoms with Crippen molar-refractivity contribution >= 4 is 33.6 Å². The number of allylic oxidation sites excluding steroid dienone is 24. The highest BCUT2D eigenvalue weighted by Crippen LogP contribution is 2.45. The molecule has 0 aromatic rings. The fraction of sp³-hybridized carbons (Fsp3) is 0.640. The van der Waals surface area contributed by atoms with Gasteiger partial charge in [0, 0.05) is 19.3 Å². The molecule has 93 heavy (non-hydrogen) atoms. The number of phosphoric ester groups is 2. The minimum absolute atomic E-state index is 0.0849. The summed E-state index contributed by atoms with van der Waals surface area (Å²) in [5.74, 6) is -1.63. The van der Waals surface area contributed by atoms with Gasteiger partial charge in [0.25, 0.3) is 0 Å². The van der Waals surface area contributed by atoms with E-state index in [2.05, 4.69) is 167 Å². The lowest BCUT2D eigenvalue weighted by atomic mass is 10.1. The number of hydrogen-bond acceptors (Lipinski definition) is 14. The lowest BCUT2D eigenvalue weighted by molar-refractivity contribution is -0.161. The number of ether oxygens (including phenoxy) is 3. The van der Waals surface area contributed by atoms with Gasteiger partial charge in [0.15, 0.2) is 6.10 Å². The summed E-state index contributed by atoms with van der Waals surface area (Å²) in [6, 6.07) is 0. The summed E-state index contributed by atoms with van der Waals surface area (Å²) in [5.41, 5.74) is 0. The number of carbonyl (C=O) groups is 3. The Morgan fingerprint density at radius 3 is 0.914 bits per heavy atom. The Morgan fingerprint density at radius 1 is 0.312 bits per heavy atom. The molecule has 0 aliphatic carbocycles. The summed E-state index contributed by atoms with van der Waals surface area (Å²) in [6.07, 6.45) is 80.5. The van der Waals surface area contributed by atoms with Crippen LogP contribution in [0.5, 0.6) is 0 Å². The van der Waals surface area contributed by atoms with Crippen molar-refractivity contribution in [1.82, 2.24) is 0 Å². The van der Waals surface area contributed by atoms with Crippen LogP contribution in [0.1, 0.15) is 252 Å². The van der Waals surface area contributed by atoms with Gasteiger partial charge in [0.2, 0.25) is 0 Å². The van der Waals surface area contributed by atoms with E-state index in [9.17, 15) is 43.5 Å². The van der Waals surface area contributed by atoms with Crippen molar-refractivity contribution in [2.75, 3.05) is 39.6 Å². The number of aliphatic hydroxyl groups is 2. The highest BCUT2D eigenvalue weighted by atomic mass is 31.2. The minimum Gasteiger partial charge on any atom is -0.463 e. The Kier molecular flexibility index (Phi) is 64.1. The van der Waals surface area contributed by atoms with Crippen LogP contribution >= 0.6 is 15.6 Å². The van der Waals surface area contributed by atoms with Crippen LogP contribution in [0.15, 0.2) is 146 Å². The highest BCUT2D eigenvalue weighted by molar-refractivity contribution is 7.47. The normalized spacial score (nSPS) is 15.0. The standard InChI is InChI=1S/C75H124O16P2/c1-4-7-10-13-16-19-22-24-26-28-30-32-33-34-35-37-39-40-42-44-47-49-52-55-58-61-73(78)85-64-70(76)65-87-92(81,82)88-66-71(77)67-89-93(83,84)90-69-72(91-75(80)63-60-57-54-51-46-21-18-15-12-9-6-3)68-86-74(79)62-59-56-53-50-48-45-43-41-38-36-31-29-27-25-23-20-17-14-11-8-5-2/h7-8,10-11,15-20,24-27,30-32,34-36,39-41,43,70-72,76-77H,4-6,9,12-14,21-23,28-29,33,37-38,42,44-69H2,1-3H3,(H,81,82)(H,83,84)/b10-7-,11-8-,18-15-,19-16-,20-17-,26-24-,27-25-,32-30-,35-34-,36-31-,40-39-,43-41-. The Labute approximate surface area is 562 Å². The van der Waals surface area contributed by atoms with Crippen LogP contribution in [0.4, 0.5) is 0 Å². The zero-order chi connectivity index (χ0) is 68.1. The van der Waals surface area contributed by atoms with Gasteiger partial charge in [-0.25, -0.2) is 9.13 Å². The molecule has 0 aliphatic heterocycles. The monoisotopic (exact) mass is 1340 g/mol. The van der Waals surface area contributed by atoms with E-state index in [-0.39, 0.29) is 19.3 Å². The molecule has 18 heteroatoms. The predicted octanol–water partition coefficient (Wildman–Crippen LogP) is 19.8. The zero-order valence-electron chi connectivity index (χ0n) is 57.4. The molecular weight excluding hydrogens is 1220 g/mol. The number of phosphoric acid groups is 2. The smallest absolute Gasteiger partial charge is 0.463 e. The Morgan fingerprint density at radius 2 is 0.570 bits per heavy atom. The fourth-order valence-electron chi connectivity index (χ4n) is 8.70. The summed E-state index contributed by atoms with van der Waals surface area (Å²) >= 11 is 0. The SMILES string of the molecule is CC/C=C\C/C=C\C/C=C\C/C=C\C/C=C\C/C=C\CCCCCCCCC(=O)OCC(O)COP(=O)(O)OCC(O)COP(=O)(O)OCC(COC(=O)CCCCCCC/C=C\C/C=C\C/C=C\C/C=C\C/C=C\CC)OC(=O)CCCCCCC/C=C\CCCC. The van der Waals surface area contributed by atoms with E-state index >= 15 is 0 Å². The van der Waals surface area contributed by atoms with E-state index in [4.69, 9.17) is 32.3 Å². The predicted molar refractivity (Wildman–Crippen MR) is 380 cm³/mol. The Bertz CT molecular complexity index is 2280. The second-order valence-electron chi connectivity index (χ2n) is 22.9. The molecule has 0 saturated carbocycles. The molecule has 0 fully saturated rings. The molecule has 0 amide bonds. The third-order valence-electron chi connectivity index (χ3n) is 14.0. The maximum absolute atomic E-state index is 12.9. The first-order valence-corrected chi connectivity index (χ1v) is 38.1. The lowest BCUT2D eigenvalue weighted by Crippen LogP contribution is -2.30. The molecule has 5 atom stereocenters. The fourth-order valence-corrected chi connectivity index (χ4v) is 10.3. The molecule has 0 bridgehead atoms. The number of esters is 3. The maximum atomic E-state index is 12.9. The van der Waals surface area contributed by atoms with Crippen molar-refractivity contribution in [3.05, 3.63) is 146 Å². The van der Waals surface area contributed by atoms with Crippen LogP contribution in [0.3, 0.4) is 0 Å². The van der Waals surface area contributed by atoms with Gasteiger partial charge in [-0.05, 0) is 135 Å². The van der Waals surface area contributed by atoms with Crippen molar-refractivity contribution in [2.45, 2.75) is 270 Å². The van der Waals surface area contributed by atoms with Crippen LogP contribution in [0.2, 0.25) is 0 Å². The molecule has 0 saturated heterocycles. The van der Waals surface area contributed by atoms with Crippen LogP contribution in [0.25, 0.3) is 0 Å². The molecule has 16 nitrogen and oxygen atoms in total. The van der Waals surface area contributed by atoms with Crippen molar-refractivity contribution in [1.29, 1.82) is 0 Å². The minimum atomic E-state index is -4.93. The summed E-state index contributed by atoms with van der Waals surface area (Å²) in [6.45, 7) is 2.32. The van der Waals surface area contributed by atoms with Crippen molar-refractivity contribution < 1.29 is 75.8 Å². The second kappa shape index (κ2) is 67.4. The van der Waals surface area contributed by atoms with E-state index < -0.39 is 91.5 Å². The first kappa shape index (κ1) is 88.4. The van der Waals surface area contributed by atoms with Crippen LogP contribution in [-0.2, 0) is 55.8 Å². The second-order valence-corrected chi connectivity index (χ2v) is 25.8. The van der Waals surface area contributed by atoms with Crippen LogP contribution in [-0.4, -0.2) is 95.9 Å². The molecule has 0 aromatic heterocycles. The highest BCUT2D eigenvalue weighted by Gasteiger charge is 2.29. The molecule has 0 aromatic carbocycles. The van der Waals surface area contributed by atoms with Gasteiger partial charge in [0.05, 0.1) is 26.4 Å². The van der Waals surface area contributed by atoms with Crippen LogP contribution < -0.4 is 0 Å². The summed E-state index contributed by atoms with van der Waals surface area (Å²) in [5, 5.41) is 20.6. The van der Waals surface area contributed by atoms with Gasteiger partial charge in [-0.2, -0.15) is 0 Å². The van der Waals surface area contributed by atoms with Gasteiger partial charge in [-0.15, -0.1) is 0 Å². The Hall–Kier alpha value is -4.57. The first-order chi connectivity index (χ1) is 45.2. The molecular formula is C75H124O16P2. The number of unbranched alkanes of at least 4 members (excludes halogenated alkanes) is 18. The van der Waals surface area contributed by atoms with E-state index in [1.807, 2.05) is 0 Å². The molecule has 4 N–H and O–H groups in total. The van der Waals surface area contributed by atoms with E-state index in [0.29, 0.717) is 19.3 Å². The van der Waals surface area contributed by atoms with Gasteiger partial charge in [-0.1, -0.05) is 244 Å². The van der Waals surface area contributed by atoms with E-state index in [1.165, 1.54) is 12.8 Å².